The molecule has 0 bridgehead atoms. The lowest BCUT2D eigenvalue weighted by Crippen LogP contribution is -2.54. The summed E-state index contributed by atoms with van der Waals surface area (Å²) in [6, 6.07) is 18.8. The highest BCUT2D eigenvalue weighted by Crippen LogP contribution is 2.29. The molecule has 6 nitrogen and oxygen atoms in total. The third kappa shape index (κ3) is 4.99. The molecule has 1 aliphatic rings. The van der Waals surface area contributed by atoms with Crippen molar-refractivity contribution in [3.05, 3.63) is 98.5 Å². The molecule has 0 saturated carbocycles. The van der Waals surface area contributed by atoms with Gasteiger partial charge in [-0.05, 0) is 60.0 Å². The maximum absolute atomic E-state index is 13.1. The predicted molar refractivity (Wildman–Crippen MR) is 130 cm³/mol. The summed E-state index contributed by atoms with van der Waals surface area (Å²) in [4.78, 5) is 38.8. The summed E-state index contributed by atoms with van der Waals surface area (Å²) in [5.74, 6) is -0.996. The number of halogens is 2. The van der Waals surface area contributed by atoms with Gasteiger partial charge in [0.25, 0.3) is 11.8 Å². The second-order valence-electron chi connectivity index (χ2n) is 7.35. The van der Waals surface area contributed by atoms with Crippen molar-refractivity contribution in [3.8, 4) is 5.75 Å². The Morgan fingerprint density at radius 1 is 1.03 bits per heavy atom. The van der Waals surface area contributed by atoms with E-state index in [1.165, 1.54) is 6.08 Å². The normalized spacial score (nSPS) is 15.1. The molecule has 1 fully saturated rings. The molecule has 33 heavy (non-hydrogen) atoms. The monoisotopic (exact) mass is 524 g/mol. The molecule has 3 aromatic rings. The first-order chi connectivity index (χ1) is 15.8. The van der Waals surface area contributed by atoms with Crippen LogP contribution >= 0.6 is 27.5 Å². The van der Waals surface area contributed by atoms with Gasteiger partial charge in [0.2, 0.25) is 0 Å². The fourth-order valence-electron chi connectivity index (χ4n) is 3.32. The number of urea groups is 1. The number of rotatable bonds is 5. The van der Waals surface area contributed by atoms with Gasteiger partial charge in [0.1, 0.15) is 17.9 Å². The van der Waals surface area contributed by atoms with Crippen molar-refractivity contribution in [2.75, 3.05) is 4.90 Å². The van der Waals surface area contributed by atoms with Gasteiger partial charge in [-0.25, -0.2) is 9.69 Å². The van der Waals surface area contributed by atoms with Crippen molar-refractivity contribution in [2.45, 2.75) is 13.5 Å². The van der Waals surface area contributed by atoms with Crippen LogP contribution in [0.1, 0.15) is 16.7 Å². The Balaban J connectivity index is 1.57. The first-order valence-electron chi connectivity index (χ1n) is 9.97. The first kappa shape index (κ1) is 22.8. The second-order valence-corrected chi connectivity index (χ2v) is 8.67. The van der Waals surface area contributed by atoms with Gasteiger partial charge in [-0.3, -0.25) is 14.9 Å². The van der Waals surface area contributed by atoms with Crippen LogP contribution in [-0.2, 0) is 16.2 Å². The maximum atomic E-state index is 13.1. The van der Waals surface area contributed by atoms with Gasteiger partial charge >= 0.3 is 6.03 Å². The fraction of sp³-hybridized carbons (Fsp3) is 0.0800. The third-order valence-corrected chi connectivity index (χ3v) is 5.86. The molecule has 0 unspecified atom stereocenters. The highest BCUT2D eigenvalue weighted by atomic mass is 79.9. The molecule has 0 atom stereocenters. The number of ether oxygens (including phenoxy) is 1. The summed E-state index contributed by atoms with van der Waals surface area (Å²) < 4.78 is 6.76. The SMILES string of the molecule is Cc1ccccc1N1C(=O)NC(=O)/C(=C\c2ccc(OCc3ccc(Br)cc3)c(Cl)c2)C1=O. The number of carbonyl (C=O) groups excluding carboxylic acids is 3. The predicted octanol–water partition coefficient (Wildman–Crippen LogP) is 5.66. The Morgan fingerprint density at radius 3 is 2.45 bits per heavy atom. The Morgan fingerprint density at radius 2 is 1.76 bits per heavy atom. The van der Waals surface area contributed by atoms with Gasteiger partial charge in [0.05, 0.1) is 10.7 Å². The molecule has 1 heterocycles. The quantitative estimate of drug-likeness (QED) is 0.345. The van der Waals surface area contributed by atoms with Crippen molar-refractivity contribution in [1.29, 1.82) is 0 Å². The average Bonchev–Trinajstić information content (AvgIpc) is 2.78. The summed E-state index contributed by atoms with van der Waals surface area (Å²) in [6.45, 7) is 2.12. The van der Waals surface area contributed by atoms with Gasteiger partial charge in [0.15, 0.2) is 0 Å². The van der Waals surface area contributed by atoms with E-state index >= 15 is 0 Å². The Hall–Kier alpha value is -3.42. The van der Waals surface area contributed by atoms with Crippen molar-refractivity contribution in [3.63, 3.8) is 0 Å². The van der Waals surface area contributed by atoms with Crippen molar-refractivity contribution >= 4 is 57.1 Å². The van der Waals surface area contributed by atoms with Crippen LogP contribution in [0.3, 0.4) is 0 Å². The van der Waals surface area contributed by atoms with E-state index in [2.05, 4.69) is 21.2 Å². The van der Waals surface area contributed by atoms with Gasteiger partial charge in [0, 0.05) is 4.47 Å². The molecule has 0 radical (unpaired) electrons. The number of nitrogens with zero attached hydrogens (tertiary/aromatic N) is 1. The standard InChI is InChI=1S/C25H18BrClN2O4/c1-15-4-2-3-5-21(15)29-24(31)19(23(30)28-25(29)32)12-17-8-11-22(20(27)13-17)33-14-16-6-9-18(26)10-7-16/h2-13H,14H2,1H3,(H,28,30,32)/b19-12+. The van der Waals surface area contributed by atoms with E-state index in [1.807, 2.05) is 24.3 Å². The van der Waals surface area contributed by atoms with Gasteiger partial charge < -0.3 is 4.74 Å². The highest BCUT2D eigenvalue weighted by Gasteiger charge is 2.37. The highest BCUT2D eigenvalue weighted by molar-refractivity contribution is 9.10. The van der Waals surface area contributed by atoms with Crippen LogP contribution in [0.2, 0.25) is 5.02 Å². The first-order valence-corrected chi connectivity index (χ1v) is 11.1. The minimum atomic E-state index is -0.786. The lowest BCUT2D eigenvalue weighted by Gasteiger charge is -2.27. The molecule has 3 aromatic carbocycles. The minimum Gasteiger partial charge on any atom is -0.487 e. The van der Waals surface area contributed by atoms with Crippen LogP contribution in [0, 0.1) is 6.92 Å². The number of carbonyl (C=O) groups is 3. The largest absolute Gasteiger partial charge is 0.487 e. The van der Waals surface area contributed by atoms with E-state index < -0.39 is 17.8 Å². The number of amides is 4. The number of aryl methyl sites for hydroxylation is 1. The molecular formula is C25H18BrClN2O4. The molecule has 4 rings (SSSR count). The zero-order valence-corrected chi connectivity index (χ0v) is 19.8. The molecule has 0 spiro atoms. The van der Waals surface area contributed by atoms with E-state index in [1.54, 1.807) is 49.4 Å². The minimum absolute atomic E-state index is 0.169. The number of para-hydroxylation sites is 1. The number of barbiturate groups is 1. The lowest BCUT2D eigenvalue weighted by molar-refractivity contribution is -0.122. The molecule has 166 valence electrons. The van der Waals surface area contributed by atoms with E-state index in [0.717, 1.165) is 20.5 Å². The Labute approximate surface area is 203 Å². The molecule has 1 N–H and O–H groups in total. The third-order valence-electron chi connectivity index (χ3n) is 5.03. The van der Waals surface area contributed by atoms with Crippen LogP contribution in [0.25, 0.3) is 6.08 Å². The summed E-state index contributed by atoms with van der Waals surface area (Å²) in [6.07, 6.45) is 1.40. The van der Waals surface area contributed by atoms with Crippen LogP contribution in [0.4, 0.5) is 10.5 Å². The smallest absolute Gasteiger partial charge is 0.335 e. The molecule has 0 aliphatic carbocycles. The summed E-state index contributed by atoms with van der Waals surface area (Å²) in [5, 5.41) is 2.55. The van der Waals surface area contributed by atoms with Crippen LogP contribution < -0.4 is 15.0 Å². The summed E-state index contributed by atoms with van der Waals surface area (Å²) >= 11 is 9.76. The lowest BCUT2D eigenvalue weighted by atomic mass is 10.1. The molecule has 1 saturated heterocycles. The average molecular weight is 526 g/mol. The van der Waals surface area contributed by atoms with Gasteiger partial charge in [-0.1, -0.05) is 63.9 Å². The van der Waals surface area contributed by atoms with E-state index in [9.17, 15) is 14.4 Å². The van der Waals surface area contributed by atoms with Crippen molar-refractivity contribution in [2.24, 2.45) is 0 Å². The van der Waals surface area contributed by atoms with Gasteiger partial charge in [-0.15, -0.1) is 0 Å². The van der Waals surface area contributed by atoms with Gasteiger partial charge in [-0.2, -0.15) is 0 Å². The molecule has 1 aliphatic heterocycles. The number of benzene rings is 3. The number of hydrogen-bond acceptors (Lipinski definition) is 4. The topological polar surface area (TPSA) is 75.7 Å². The maximum Gasteiger partial charge on any atom is 0.335 e. The molecular weight excluding hydrogens is 508 g/mol. The van der Waals surface area contributed by atoms with E-state index in [-0.39, 0.29) is 5.57 Å². The van der Waals surface area contributed by atoms with Crippen LogP contribution in [-0.4, -0.2) is 17.8 Å². The Kier molecular flexibility index (Phi) is 6.62. The number of hydrogen-bond donors (Lipinski definition) is 1. The number of anilines is 1. The second kappa shape index (κ2) is 9.60. The van der Waals surface area contributed by atoms with Crippen molar-refractivity contribution < 1.29 is 19.1 Å². The number of imide groups is 2. The van der Waals surface area contributed by atoms with Crippen LogP contribution in [0.5, 0.6) is 5.75 Å². The van der Waals surface area contributed by atoms with E-state index in [0.29, 0.717) is 28.6 Å². The summed E-state index contributed by atoms with van der Waals surface area (Å²) in [5.41, 5.74) is 2.47. The number of nitrogens with one attached hydrogen (secondary N) is 1. The fourth-order valence-corrected chi connectivity index (χ4v) is 3.83. The molecule has 8 heteroatoms. The molecule has 4 amide bonds. The Bertz CT molecular complexity index is 1290. The van der Waals surface area contributed by atoms with Crippen LogP contribution in [0.15, 0.2) is 76.8 Å². The zero-order valence-electron chi connectivity index (χ0n) is 17.5. The zero-order chi connectivity index (χ0) is 23.5. The van der Waals surface area contributed by atoms with Crippen molar-refractivity contribution in [1.82, 2.24) is 5.32 Å². The van der Waals surface area contributed by atoms with E-state index in [4.69, 9.17) is 16.3 Å². The summed E-state index contributed by atoms with van der Waals surface area (Å²) in [7, 11) is 0. The molecule has 0 aromatic heterocycles.